The minimum Gasteiger partial charge on any atom is -0.391 e. The molecule has 2 rings (SSSR count). The number of aliphatic hydroxyl groups excluding tert-OH is 1. The molecule has 0 aliphatic carbocycles. The molecule has 74 valence electrons. The van der Waals surface area contributed by atoms with E-state index in [-0.39, 0.29) is 12.3 Å². The van der Waals surface area contributed by atoms with Gasteiger partial charge in [-0.15, -0.1) is 0 Å². The van der Waals surface area contributed by atoms with Crippen LogP contribution in [0.25, 0.3) is 0 Å². The third kappa shape index (κ3) is 1.48. The van der Waals surface area contributed by atoms with E-state index in [1.807, 2.05) is 19.1 Å². The number of β-amino-alcohol motifs (C(OH)–C–C–N with tert-alkyl or cyclic N) is 1. The molecule has 0 spiro atoms. The second-order valence-corrected chi connectivity index (χ2v) is 3.51. The summed E-state index contributed by atoms with van der Waals surface area (Å²) in [6.45, 7) is 2.26. The zero-order valence-corrected chi connectivity index (χ0v) is 7.97. The lowest BCUT2D eigenvalue weighted by molar-refractivity contribution is -0.117. The van der Waals surface area contributed by atoms with Crippen LogP contribution in [0.2, 0.25) is 0 Å². The van der Waals surface area contributed by atoms with Gasteiger partial charge >= 0.3 is 0 Å². The fourth-order valence-electron chi connectivity index (χ4n) is 1.65. The normalized spacial score (nSPS) is 21.7. The van der Waals surface area contributed by atoms with Crippen molar-refractivity contribution in [3.63, 3.8) is 0 Å². The Kier molecular flexibility index (Phi) is 2.21. The van der Waals surface area contributed by atoms with Crippen LogP contribution in [0.3, 0.4) is 0 Å². The van der Waals surface area contributed by atoms with Gasteiger partial charge in [0, 0.05) is 6.20 Å². The van der Waals surface area contributed by atoms with Gasteiger partial charge in [-0.2, -0.15) is 0 Å². The highest BCUT2D eigenvalue weighted by molar-refractivity contribution is 5.95. The van der Waals surface area contributed by atoms with Crippen molar-refractivity contribution in [1.29, 1.82) is 0 Å². The van der Waals surface area contributed by atoms with Gasteiger partial charge in [0.15, 0.2) is 0 Å². The van der Waals surface area contributed by atoms with Crippen LogP contribution in [-0.4, -0.2) is 28.6 Å². The summed E-state index contributed by atoms with van der Waals surface area (Å²) in [7, 11) is 0. The molecule has 1 atom stereocenters. The van der Waals surface area contributed by atoms with Crippen molar-refractivity contribution < 1.29 is 9.90 Å². The lowest BCUT2D eigenvalue weighted by atomic mass is 10.3. The summed E-state index contributed by atoms with van der Waals surface area (Å²) in [4.78, 5) is 17.1. The molecular weight excluding hydrogens is 180 g/mol. The predicted octanol–water partition coefficient (Wildman–Crippen LogP) is 0.488. The lowest BCUT2D eigenvalue weighted by Crippen LogP contribution is -2.26. The number of aromatic nitrogens is 1. The van der Waals surface area contributed by atoms with Gasteiger partial charge in [-0.25, -0.2) is 4.98 Å². The van der Waals surface area contributed by atoms with Crippen LogP contribution < -0.4 is 4.90 Å². The van der Waals surface area contributed by atoms with Gasteiger partial charge in [0.1, 0.15) is 5.82 Å². The molecule has 1 aliphatic heterocycles. The molecule has 1 N–H and O–H groups in total. The van der Waals surface area contributed by atoms with E-state index in [2.05, 4.69) is 4.98 Å². The highest BCUT2D eigenvalue weighted by Crippen LogP contribution is 2.22. The van der Waals surface area contributed by atoms with E-state index in [1.165, 1.54) is 0 Å². The summed E-state index contributed by atoms with van der Waals surface area (Å²) in [5.74, 6) is 0.605. The van der Waals surface area contributed by atoms with E-state index in [0.29, 0.717) is 12.4 Å². The summed E-state index contributed by atoms with van der Waals surface area (Å²) < 4.78 is 0. The molecule has 1 unspecified atom stereocenters. The van der Waals surface area contributed by atoms with Crippen LogP contribution in [0.15, 0.2) is 18.3 Å². The zero-order chi connectivity index (χ0) is 10.1. The number of anilines is 1. The van der Waals surface area contributed by atoms with Crippen LogP contribution in [0.1, 0.15) is 12.0 Å². The Morgan fingerprint density at radius 3 is 3.00 bits per heavy atom. The Hall–Kier alpha value is -1.42. The number of carbonyl (C=O) groups excluding carboxylic acids is 1. The first-order valence-electron chi connectivity index (χ1n) is 4.58. The van der Waals surface area contributed by atoms with Crippen molar-refractivity contribution in [2.24, 2.45) is 0 Å². The lowest BCUT2D eigenvalue weighted by Gasteiger charge is -2.16. The van der Waals surface area contributed by atoms with Crippen molar-refractivity contribution in [2.45, 2.75) is 19.4 Å². The Morgan fingerprint density at radius 2 is 2.43 bits per heavy atom. The summed E-state index contributed by atoms with van der Waals surface area (Å²) >= 11 is 0. The fourth-order valence-corrected chi connectivity index (χ4v) is 1.65. The van der Waals surface area contributed by atoms with Crippen molar-refractivity contribution in [3.8, 4) is 0 Å². The number of carbonyl (C=O) groups is 1. The number of hydrogen-bond acceptors (Lipinski definition) is 3. The average Bonchev–Trinajstić information content (AvgIpc) is 2.46. The van der Waals surface area contributed by atoms with E-state index in [4.69, 9.17) is 0 Å². The Balaban J connectivity index is 2.32. The molecule has 4 nitrogen and oxygen atoms in total. The molecule has 1 aromatic heterocycles. The van der Waals surface area contributed by atoms with Crippen molar-refractivity contribution in [1.82, 2.24) is 4.98 Å². The summed E-state index contributed by atoms with van der Waals surface area (Å²) in [5.41, 5.74) is 0.954. The van der Waals surface area contributed by atoms with E-state index >= 15 is 0 Å². The number of rotatable bonds is 1. The standard InChI is InChI=1S/C10H12N2O2/c1-7-3-2-4-11-10(7)12-6-8(13)5-9(12)14/h2-4,8,13H,5-6H2,1H3. The van der Waals surface area contributed by atoms with Gasteiger partial charge in [-0.05, 0) is 18.6 Å². The molecule has 1 aromatic rings. The molecule has 0 aromatic carbocycles. The Morgan fingerprint density at radius 1 is 1.64 bits per heavy atom. The van der Waals surface area contributed by atoms with Crippen molar-refractivity contribution in [3.05, 3.63) is 23.9 Å². The van der Waals surface area contributed by atoms with Gasteiger partial charge in [-0.3, -0.25) is 9.69 Å². The number of amides is 1. The maximum Gasteiger partial charge on any atom is 0.230 e. The number of pyridine rings is 1. The van der Waals surface area contributed by atoms with Crippen LogP contribution in [0.5, 0.6) is 0 Å². The van der Waals surface area contributed by atoms with E-state index in [0.717, 1.165) is 5.56 Å². The highest BCUT2D eigenvalue weighted by Gasteiger charge is 2.30. The van der Waals surface area contributed by atoms with Gasteiger partial charge in [0.05, 0.1) is 19.1 Å². The van der Waals surface area contributed by atoms with Gasteiger partial charge in [0.25, 0.3) is 0 Å². The first-order chi connectivity index (χ1) is 6.68. The van der Waals surface area contributed by atoms with Crippen molar-refractivity contribution >= 4 is 11.7 Å². The molecule has 14 heavy (non-hydrogen) atoms. The minimum atomic E-state index is -0.552. The Labute approximate surface area is 82.2 Å². The van der Waals surface area contributed by atoms with Crippen LogP contribution >= 0.6 is 0 Å². The number of aliphatic hydroxyl groups is 1. The first kappa shape index (κ1) is 9.15. The second-order valence-electron chi connectivity index (χ2n) is 3.51. The molecule has 0 bridgehead atoms. The Bertz CT molecular complexity index is 365. The van der Waals surface area contributed by atoms with Gasteiger partial charge in [0.2, 0.25) is 5.91 Å². The molecule has 4 heteroatoms. The summed E-state index contributed by atoms with van der Waals surface area (Å²) in [6.07, 6.45) is 1.31. The molecule has 1 amide bonds. The molecule has 1 fully saturated rings. The first-order valence-corrected chi connectivity index (χ1v) is 4.58. The molecule has 0 radical (unpaired) electrons. The summed E-state index contributed by atoms with van der Waals surface area (Å²) in [5, 5.41) is 9.33. The predicted molar refractivity (Wildman–Crippen MR) is 52.0 cm³/mol. The second kappa shape index (κ2) is 3.38. The quantitative estimate of drug-likeness (QED) is 0.704. The maximum absolute atomic E-state index is 11.5. The van der Waals surface area contributed by atoms with Crippen LogP contribution in [0, 0.1) is 6.92 Å². The fraction of sp³-hybridized carbons (Fsp3) is 0.400. The largest absolute Gasteiger partial charge is 0.391 e. The SMILES string of the molecule is Cc1cccnc1N1CC(O)CC1=O. The number of hydrogen-bond donors (Lipinski definition) is 1. The summed E-state index contributed by atoms with van der Waals surface area (Å²) in [6, 6.07) is 3.73. The van der Waals surface area contributed by atoms with E-state index < -0.39 is 6.10 Å². The van der Waals surface area contributed by atoms with Crippen LogP contribution in [-0.2, 0) is 4.79 Å². The smallest absolute Gasteiger partial charge is 0.230 e. The minimum absolute atomic E-state index is 0.0562. The monoisotopic (exact) mass is 192 g/mol. The molecular formula is C10H12N2O2. The zero-order valence-electron chi connectivity index (χ0n) is 7.97. The number of aryl methyl sites for hydroxylation is 1. The number of nitrogens with zero attached hydrogens (tertiary/aromatic N) is 2. The molecule has 1 saturated heterocycles. The van der Waals surface area contributed by atoms with E-state index in [9.17, 15) is 9.90 Å². The van der Waals surface area contributed by atoms with Crippen LogP contribution in [0.4, 0.5) is 5.82 Å². The highest BCUT2D eigenvalue weighted by atomic mass is 16.3. The van der Waals surface area contributed by atoms with Crippen molar-refractivity contribution in [2.75, 3.05) is 11.4 Å². The molecule has 0 saturated carbocycles. The topological polar surface area (TPSA) is 53.4 Å². The van der Waals surface area contributed by atoms with Gasteiger partial charge < -0.3 is 5.11 Å². The molecule has 2 heterocycles. The third-order valence-electron chi connectivity index (χ3n) is 2.34. The van der Waals surface area contributed by atoms with Gasteiger partial charge in [-0.1, -0.05) is 6.07 Å². The molecule has 1 aliphatic rings. The third-order valence-corrected chi connectivity index (χ3v) is 2.34. The average molecular weight is 192 g/mol. The van der Waals surface area contributed by atoms with E-state index in [1.54, 1.807) is 11.1 Å². The maximum atomic E-state index is 11.5.